The van der Waals surface area contributed by atoms with Gasteiger partial charge in [0.05, 0.1) is 17.8 Å². The minimum absolute atomic E-state index is 0.0341. The van der Waals surface area contributed by atoms with Gasteiger partial charge in [-0.3, -0.25) is 4.79 Å². The van der Waals surface area contributed by atoms with Gasteiger partial charge in [0.25, 0.3) is 5.91 Å². The second kappa shape index (κ2) is 7.90. The van der Waals surface area contributed by atoms with Crippen LogP contribution in [-0.4, -0.2) is 25.6 Å². The lowest BCUT2D eigenvalue weighted by Crippen LogP contribution is -2.21. The molecule has 0 spiro atoms. The fraction of sp³-hybridized carbons (Fsp3) is 0.158. The number of hydrogen-bond donors (Lipinski definition) is 1. The number of hydrogen-bond acceptors (Lipinski definition) is 5. The molecule has 0 aliphatic carbocycles. The van der Waals surface area contributed by atoms with E-state index in [-0.39, 0.29) is 5.76 Å². The topological polar surface area (TPSA) is 77.8 Å². The molecule has 0 bridgehead atoms. The van der Waals surface area contributed by atoms with Crippen LogP contribution in [-0.2, 0) is 9.53 Å². The minimum Gasteiger partial charge on any atom is -0.497 e. The molecule has 1 amide bonds. The summed E-state index contributed by atoms with van der Waals surface area (Å²) in [6.07, 6.45) is 0. The third-order valence-electron chi connectivity index (χ3n) is 3.87. The molecular formula is C19H15Cl2NO5. The van der Waals surface area contributed by atoms with E-state index >= 15 is 0 Å². The fourth-order valence-corrected chi connectivity index (χ4v) is 2.83. The van der Waals surface area contributed by atoms with Crippen molar-refractivity contribution in [3.63, 3.8) is 0 Å². The van der Waals surface area contributed by atoms with Gasteiger partial charge >= 0.3 is 5.97 Å². The number of methoxy groups -OCH3 is 1. The van der Waals surface area contributed by atoms with Crippen LogP contribution >= 0.6 is 23.2 Å². The Morgan fingerprint density at radius 3 is 2.67 bits per heavy atom. The molecule has 1 heterocycles. The van der Waals surface area contributed by atoms with E-state index in [9.17, 15) is 9.59 Å². The van der Waals surface area contributed by atoms with Crippen molar-refractivity contribution in [1.29, 1.82) is 0 Å². The van der Waals surface area contributed by atoms with Crippen molar-refractivity contribution in [2.75, 3.05) is 19.0 Å². The fourth-order valence-electron chi connectivity index (χ4n) is 2.50. The Morgan fingerprint density at radius 1 is 1.15 bits per heavy atom. The highest BCUT2D eigenvalue weighted by atomic mass is 35.5. The van der Waals surface area contributed by atoms with Crippen LogP contribution in [0.3, 0.4) is 0 Å². The van der Waals surface area contributed by atoms with Crippen molar-refractivity contribution in [3.05, 3.63) is 57.8 Å². The molecule has 3 rings (SSSR count). The van der Waals surface area contributed by atoms with Crippen molar-refractivity contribution in [2.24, 2.45) is 0 Å². The van der Waals surface area contributed by atoms with E-state index in [1.165, 1.54) is 6.07 Å². The molecule has 0 saturated heterocycles. The number of fused-ring (bicyclic) bond motifs is 1. The van der Waals surface area contributed by atoms with Gasteiger partial charge in [-0.2, -0.15) is 0 Å². The van der Waals surface area contributed by atoms with Gasteiger partial charge in [-0.25, -0.2) is 4.79 Å². The van der Waals surface area contributed by atoms with Crippen molar-refractivity contribution < 1.29 is 23.5 Å². The summed E-state index contributed by atoms with van der Waals surface area (Å²) in [6.45, 7) is 1.23. The Hall–Kier alpha value is -2.70. The molecule has 140 valence electrons. The third kappa shape index (κ3) is 4.18. The van der Waals surface area contributed by atoms with E-state index in [0.717, 1.165) is 5.39 Å². The molecule has 0 aliphatic rings. The first-order valence-corrected chi connectivity index (χ1v) is 8.64. The quantitative estimate of drug-likeness (QED) is 0.611. The zero-order chi connectivity index (χ0) is 19.6. The molecule has 1 aromatic heterocycles. The van der Waals surface area contributed by atoms with Crippen molar-refractivity contribution in [1.82, 2.24) is 0 Å². The molecule has 6 nitrogen and oxygen atoms in total. The largest absolute Gasteiger partial charge is 0.497 e. The first-order chi connectivity index (χ1) is 12.9. The molecule has 0 atom stereocenters. The summed E-state index contributed by atoms with van der Waals surface area (Å²) in [6, 6.07) is 9.84. The lowest BCUT2D eigenvalue weighted by molar-refractivity contribution is -0.119. The monoisotopic (exact) mass is 407 g/mol. The summed E-state index contributed by atoms with van der Waals surface area (Å²) >= 11 is 11.9. The average Bonchev–Trinajstić information content (AvgIpc) is 2.99. The Balaban J connectivity index is 1.68. The van der Waals surface area contributed by atoms with Gasteiger partial charge in [-0.1, -0.05) is 23.2 Å². The standard InChI is InChI=1S/C19H15Cl2NO5/c1-10-13-8-12(25-2)4-6-16(13)27-18(10)19(24)26-9-17(23)22-15-7-11(20)3-5-14(15)21/h3-8H,9H2,1-2H3,(H,22,23). The summed E-state index contributed by atoms with van der Waals surface area (Å²) in [5.41, 5.74) is 1.46. The van der Waals surface area contributed by atoms with E-state index in [0.29, 0.717) is 32.6 Å². The number of benzene rings is 2. The maximum atomic E-state index is 12.3. The van der Waals surface area contributed by atoms with Gasteiger partial charge in [0, 0.05) is 16.0 Å². The predicted octanol–water partition coefficient (Wildman–Crippen LogP) is 4.85. The van der Waals surface area contributed by atoms with Gasteiger partial charge in [0.1, 0.15) is 11.3 Å². The van der Waals surface area contributed by atoms with Crippen molar-refractivity contribution in [2.45, 2.75) is 6.92 Å². The molecule has 0 saturated carbocycles. The van der Waals surface area contributed by atoms with Crippen LogP contribution in [0.2, 0.25) is 10.0 Å². The summed E-state index contributed by atoms with van der Waals surface area (Å²) in [5, 5.41) is 4.00. The highest BCUT2D eigenvalue weighted by Crippen LogP contribution is 2.29. The molecule has 0 radical (unpaired) electrons. The molecule has 0 fully saturated rings. The Bertz CT molecular complexity index is 1030. The second-order valence-electron chi connectivity index (χ2n) is 5.67. The number of halogens is 2. The summed E-state index contributed by atoms with van der Waals surface area (Å²) in [5.74, 6) is -0.617. The molecule has 8 heteroatoms. The van der Waals surface area contributed by atoms with Crippen LogP contribution in [0.15, 0.2) is 40.8 Å². The Kier molecular flexibility index (Phi) is 5.58. The number of nitrogens with one attached hydrogen (secondary N) is 1. The molecule has 1 N–H and O–H groups in total. The number of ether oxygens (including phenoxy) is 2. The lowest BCUT2D eigenvalue weighted by atomic mass is 10.1. The van der Waals surface area contributed by atoms with Crippen molar-refractivity contribution in [3.8, 4) is 5.75 Å². The molecule has 27 heavy (non-hydrogen) atoms. The Morgan fingerprint density at radius 2 is 1.93 bits per heavy atom. The molecule has 3 aromatic rings. The van der Waals surface area contributed by atoms with Crippen LogP contribution in [0.1, 0.15) is 16.1 Å². The number of aryl methyl sites for hydroxylation is 1. The minimum atomic E-state index is -0.741. The lowest BCUT2D eigenvalue weighted by Gasteiger charge is -2.08. The zero-order valence-corrected chi connectivity index (χ0v) is 16.0. The number of anilines is 1. The normalized spacial score (nSPS) is 10.7. The number of rotatable bonds is 5. The maximum Gasteiger partial charge on any atom is 0.375 e. The first-order valence-electron chi connectivity index (χ1n) is 7.88. The van der Waals surface area contributed by atoms with E-state index in [2.05, 4.69) is 5.32 Å². The molecule has 0 unspecified atom stereocenters. The van der Waals surface area contributed by atoms with Gasteiger partial charge < -0.3 is 19.2 Å². The van der Waals surface area contributed by atoms with Crippen LogP contribution in [0, 0.1) is 6.92 Å². The number of furan rings is 1. The average molecular weight is 408 g/mol. The second-order valence-corrected chi connectivity index (χ2v) is 6.51. The van der Waals surface area contributed by atoms with E-state index in [1.807, 2.05) is 0 Å². The SMILES string of the molecule is COc1ccc2oc(C(=O)OCC(=O)Nc3cc(Cl)ccc3Cl)c(C)c2c1. The van der Waals surface area contributed by atoms with Gasteiger partial charge in [0.2, 0.25) is 5.76 Å². The number of carbonyl (C=O) groups is 2. The van der Waals surface area contributed by atoms with Gasteiger partial charge in [-0.15, -0.1) is 0 Å². The van der Waals surface area contributed by atoms with Crippen LogP contribution in [0.25, 0.3) is 11.0 Å². The predicted molar refractivity (Wildman–Crippen MR) is 103 cm³/mol. The molecule has 0 aliphatic heterocycles. The maximum absolute atomic E-state index is 12.3. The van der Waals surface area contributed by atoms with Crippen LogP contribution in [0.4, 0.5) is 5.69 Å². The highest BCUT2D eigenvalue weighted by molar-refractivity contribution is 6.35. The van der Waals surface area contributed by atoms with Crippen molar-refractivity contribution >= 4 is 51.7 Å². The summed E-state index contributed by atoms with van der Waals surface area (Å²) in [7, 11) is 1.55. The molecule has 2 aromatic carbocycles. The van der Waals surface area contributed by atoms with E-state index < -0.39 is 18.5 Å². The third-order valence-corrected chi connectivity index (χ3v) is 4.43. The smallest absolute Gasteiger partial charge is 0.375 e. The highest BCUT2D eigenvalue weighted by Gasteiger charge is 2.20. The summed E-state index contributed by atoms with van der Waals surface area (Å²) < 4.78 is 15.8. The molecular weight excluding hydrogens is 393 g/mol. The van der Waals surface area contributed by atoms with E-state index in [4.69, 9.17) is 37.1 Å². The first kappa shape index (κ1) is 19.1. The zero-order valence-electron chi connectivity index (χ0n) is 14.5. The van der Waals surface area contributed by atoms with Gasteiger partial charge in [0.15, 0.2) is 6.61 Å². The van der Waals surface area contributed by atoms with Gasteiger partial charge in [-0.05, 0) is 43.3 Å². The number of carbonyl (C=O) groups excluding carboxylic acids is 2. The summed E-state index contributed by atoms with van der Waals surface area (Å²) in [4.78, 5) is 24.3. The van der Waals surface area contributed by atoms with Crippen LogP contribution in [0.5, 0.6) is 5.75 Å². The van der Waals surface area contributed by atoms with Crippen LogP contribution < -0.4 is 10.1 Å². The Labute approximate surface area is 164 Å². The number of amides is 1. The van der Waals surface area contributed by atoms with E-state index in [1.54, 1.807) is 44.4 Å². The number of esters is 1.